The van der Waals surface area contributed by atoms with Crippen molar-refractivity contribution in [1.29, 1.82) is 0 Å². The zero-order chi connectivity index (χ0) is 18.0. The Hall–Kier alpha value is -2.48. The highest BCUT2D eigenvalue weighted by molar-refractivity contribution is 5.96. The highest BCUT2D eigenvalue weighted by Crippen LogP contribution is 2.31. The molecule has 8 nitrogen and oxygen atoms in total. The van der Waals surface area contributed by atoms with Crippen molar-refractivity contribution in [3.8, 4) is 5.88 Å². The van der Waals surface area contributed by atoms with Gasteiger partial charge in [0.1, 0.15) is 16.9 Å². The van der Waals surface area contributed by atoms with Gasteiger partial charge in [0.25, 0.3) is 5.91 Å². The average Bonchev–Trinajstić information content (AvgIpc) is 3.12. The molecule has 2 aromatic rings. The van der Waals surface area contributed by atoms with E-state index in [1.54, 1.807) is 34.1 Å². The average molecular weight is 345 g/mol. The Morgan fingerprint density at radius 2 is 2.24 bits per heavy atom. The summed E-state index contributed by atoms with van der Waals surface area (Å²) >= 11 is 0. The second-order valence-electron chi connectivity index (χ2n) is 6.60. The molecule has 3 heterocycles. The molecule has 0 radical (unpaired) electrons. The van der Waals surface area contributed by atoms with Crippen molar-refractivity contribution in [3.05, 3.63) is 35.8 Å². The molecule has 1 fully saturated rings. The maximum Gasteiger partial charge on any atom is 0.259 e. The third-order valence-corrected chi connectivity index (χ3v) is 4.47. The Morgan fingerprint density at radius 3 is 2.92 bits per heavy atom. The molecule has 0 bridgehead atoms. The SMILES string of the molecule is COc1ncccc1C(=O)N1CCCC(O)(c2cn(C(C)C)nn2)C1. The van der Waals surface area contributed by atoms with Crippen LogP contribution in [0.2, 0.25) is 0 Å². The Kier molecular flexibility index (Phi) is 4.71. The van der Waals surface area contributed by atoms with Gasteiger partial charge in [-0.15, -0.1) is 5.10 Å². The van der Waals surface area contributed by atoms with Crippen LogP contribution in [-0.4, -0.2) is 56.1 Å². The quantitative estimate of drug-likeness (QED) is 0.900. The van der Waals surface area contributed by atoms with Gasteiger partial charge < -0.3 is 14.7 Å². The largest absolute Gasteiger partial charge is 0.480 e. The highest BCUT2D eigenvalue weighted by atomic mass is 16.5. The molecule has 2 aromatic heterocycles. The predicted molar refractivity (Wildman–Crippen MR) is 90.2 cm³/mol. The number of hydrogen-bond donors (Lipinski definition) is 1. The first-order chi connectivity index (χ1) is 11.9. The van der Waals surface area contributed by atoms with Crippen molar-refractivity contribution in [1.82, 2.24) is 24.9 Å². The molecule has 3 rings (SSSR count). The third-order valence-electron chi connectivity index (χ3n) is 4.47. The summed E-state index contributed by atoms with van der Waals surface area (Å²) in [4.78, 5) is 18.6. The van der Waals surface area contributed by atoms with Crippen LogP contribution < -0.4 is 4.74 Å². The Bertz CT molecular complexity index is 760. The first-order valence-electron chi connectivity index (χ1n) is 8.37. The number of nitrogens with zero attached hydrogens (tertiary/aromatic N) is 5. The lowest BCUT2D eigenvalue weighted by atomic mass is 9.89. The fourth-order valence-electron chi connectivity index (χ4n) is 3.05. The number of β-amino-alcohol motifs (C(OH)–C–C–N with tert-alkyl or cyclic N) is 1. The standard InChI is InChI=1S/C17H23N5O3/c1-12(2)22-10-14(19-20-22)17(24)7-5-9-21(11-17)16(23)13-6-4-8-18-15(13)25-3/h4,6,8,10,12,24H,5,7,9,11H2,1-3H3. The lowest BCUT2D eigenvalue weighted by Crippen LogP contribution is -2.48. The van der Waals surface area contributed by atoms with Crippen molar-refractivity contribution in [2.24, 2.45) is 0 Å². The zero-order valence-electron chi connectivity index (χ0n) is 14.7. The monoisotopic (exact) mass is 345 g/mol. The normalized spacial score (nSPS) is 20.8. The van der Waals surface area contributed by atoms with E-state index >= 15 is 0 Å². The number of rotatable bonds is 4. The van der Waals surface area contributed by atoms with Crippen LogP contribution in [0.4, 0.5) is 0 Å². The number of carbonyl (C=O) groups is 1. The number of likely N-dealkylation sites (tertiary alicyclic amines) is 1. The lowest BCUT2D eigenvalue weighted by molar-refractivity contribution is -0.0321. The van der Waals surface area contributed by atoms with Gasteiger partial charge in [-0.3, -0.25) is 4.79 Å². The topological polar surface area (TPSA) is 93.4 Å². The second-order valence-corrected chi connectivity index (χ2v) is 6.60. The molecule has 1 amide bonds. The first kappa shape index (κ1) is 17.3. The second kappa shape index (κ2) is 6.79. The molecule has 1 atom stereocenters. The van der Waals surface area contributed by atoms with E-state index in [1.807, 2.05) is 13.8 Å². The highest BCUT2D eigenvalue weighted by Gasteiger charge is 2.40. The number of methoxy groups -OCH3 is 1. The van der Waals surface area contributed by atoms with Gasteiger partial charge in [-0.2, -0.15) is 0 Å². The molecular formula is C17H23N5O3. The van der Waals surface area contributed by atoms with E-state index in [2.05, 4.69) is 15.3 Å². The molecule has 25 heavy (non-hydrogen) atoms. The van der Waals surface area contributed by atoms with E-state index in [0.29, 0.717) is 30.6 Å². The van der Waals surface area contributed by atoms with E-state index in [1.165, 1.54) is 7.11 Å². The number of amides is 1. The maximum absolute atomic E-state index is 12.9. The van der Waals surface area contributed by atoms with Crippen LogP contribution in [0.3, 0.4) is 0 Å². The predicted octanol–water partition coefficient (Wildman–Crippen LogP) is 1.39. The van der Waals surface area contributed by atoms with Crippen LogP contribution in [0, 0.1) is 0 Å². The summed E-state index contributed by atoms with van der Waals surface area (Å²) in [6.45, 7) is 4.72. The van der Waals surface area contributed by atoms with Crippen LogP contribution in [0.25, 0.3) is 0 Å². The molecule has 0 saturated carbocycles. The Labute approximate surface area is 146 Å². The van der Waals surface area contributed by atoms with E-state index in [9.17, 15) is 9.90 Å². The van der Waals surface area contributed by atoms with Gasteiger partial charge in [-0.1, -0.05) is 5.21 Å². The summed E-state index contributed by atoms with van der Waals surface area (Å²) in [6.07, 6.45) is 4.55. The van der Waals surface area contributed by atoms with Gasteiger partial charge in [-0.05, 0) is 38.8 Å². The van der Waals surface area contributed by atoms with Crippen molar-refractivity contribution in [3.63, 3.8) is 0 Å². The number of ether oxygens (including phenoxy) is 1. The van der Waals surface area contributed by atoms with Crippen molar-refractivity contribution in [2.75, 3.05) is 20.2 Å². The molecule has 0 spiro atoms. The fraction of sp³-hybridized carbons (Fsp3) is 0.529. The van der Waals surface area contributed by atoms with Crippen molar-refractivity contribution < 1.29 is 14.6 Å². The minimum absolute atomic E-state index is 0.158. The molecule has 0 aliphatic carbocycles. The Balaban J connectivity index is 1.83. The molecule has 1 unspecified atom stereocenters. The molecule has 0 aromatic carbocycles. The maximum atomic E-state index is 12.9. The summed E-state index contributed by atoms with van der Waals surface area (Å²) in [5.41, 5.74) is -0.312. The van der Waals surface area contributed by atoms with Crippen LogP contribution in [0.15, 0.2) is 24.5 Å². The van der Waals surface area contributed by atoms with Gasteiger partial charge in [0, 0.05) is 18.8 Å². The number of piperidine rings is 1. The van der Waals surface area contributed by atoms with Crippen LogP contribution in [-0.2, 0) is 5.60 Å². The van der Waals surface area contributed by atoms with Gasteiger partial charge in [-0.25, -0.2) is 9.67 Å². The van der Waals surface area contributed by atoms with Crippen LogP contribution >= 0.6 is 0 Å². The molecule has 1 saturated heterocycles. The van der Waals surface area contributed by atoms with Crippen molar-refractivity contribution in [2.45, 2.75) is 38.3 Å². The van der Waals surface area contributed by atoms with Crippen LogP contribution in [0.5, 0.6) is 5.88 Å². The van der Waals surface area contributed by atoms with E-state index in [0.717, 1.165) is 0 Å². The number of carbonyl (C=O) groups excluding carboxylic acids is 1. The minimum atomic E-state index is -1.20. The molecule has 1 N–H and O–H groups in total. The van der Waals surface area contributed by atoms with Gasteiger partial charge in [0.05, 0.1) is 19.9 Å². The molecular weight excluding hydrogens is 322 g/mol. The summed E-state index contributed by atoms with van der Waals surface area (Å²) in [6, 6.07) is 3.53. The van der Waals surface area contributed by atoms with E-state index < -0.39 is 5.60 Å². The smallest absolute Gasteiger partial charge is 0.259 e. The number of hydrogen-bond acceptors (Lipinski definition) is 6. The molecule has 134 valence electrons. The van der Waals surface area contributed by atoms with Gasteiger partial charge >= 0.3 is 0 Å². The minimum Gasteiger partial charge on any atom is -0.480 e. The van der Waals surface area contributed by atoms with E-state index in [-0.39, 0.29) is 24.4 Å². The van der Waals surface area contributed by atoms with Crippen LogP contribution in [0.1, 0.15) is 48.8 Å². The summed E-state index contributed by atoms with van der Waals surface area (Å²) in [5.74, 6) is 0.0756. The molecule has 1 aliphatic heterocycles. The molecule has 8 heteroatoms. The summed E-state index contributed by atoms with van der Waals surface area (Å²) in [5, 5.41) is 19.3. The summed E-state index contributed by atoms with van der Waals surface area (Å²) < 4.78 is 6.88. The fourth-order valence-corrected chi connectivity index (χ4v) is 3.05. The summed E-state index contributed by atoms with van der Waals surface area (Å²) in [7, 11) is 1.48. The molecule has 1 aliphatic rings. The lowest BCUT2D eigenvalue weighted by Gasteiger charge is -2.38. The van der Waals surface area contributed by atoms with Gasteiger partial charge in [0.2, 0.25) is 5.88 Å². The third kappa shape index (κ3) is 3.34. The Morgan fingerprint density at radius 1 is 1.44 bits per heavy atom. The zero-order valence-corrected chi connectivity index (χ0v) is 14.7. The van der Waals surface area contributed by atoms with Crippen molar-refractivity contribution >= 4 is 5.91 Å². The number of pyridine rings is 1. The number of aliphatic hydroxyl groups is 1. The number of aromatic nitrogens is 4. The van der Waals surface area contributed by atoms with E-state index in [4.69, 9.17) is 4.74 Å². The first-order valence-corrected chi connectivity index (χ1v) is 8.37. The van der Waals surface area contributed by atoms with Gasteiger partial charge in [0.15, 0.2) is 0 Å².